The zero-order chi connectivity index (χ0) is 20.0. The molecule has 0 aliphatic carbocycles. The average Bonchev–Trinajstić information content (AvgIpc) is 2.68. The molecule has 0 fully saturated rings. The molecule has 0 spiro atoms. The summed E-state index contributed by atoms with van der Waals surface area (Å²) >= 11 is 12.0. The topological polar surface area (TPSA) is 58.6 Å². The lowest BCUT2D eigenvalue weighted by Crippen LogP contribution is -2.47. The normalized spacial score (nSPS) is 11.6. The molecule has 0 radical (unpaired) electrons. The summed E-state index contributed by atoms with van der Waals surface area (Å²) in [6.45, 7) is 1.95. The molecule has 5 nitrogen and oxygen atoms in total. The van der Waals surface area contributed by atoms with E-state index < -0.39 is 6.04 Å². The van der Waals surface area contributed by atoms with Crippen LogP contribution in [0.5, 0.6) is 5.75 Å². The molecule has 0 aromatic heterocycles. The summed E-state index contributed by atoms with van der Waals surface area (Å²) in [5, 5.41) is 3.44. The highest BCUT2D eigenvalue weighted by atomic mass is 35.5. The Bertz CT molecular complexity index is 809. The van der Waals surface area contributed by atoms with Gasteiger partial charge in [0.1, 0.15) is 11.8 Å². The van der Waals surface area contributed by atoms with Crippen LogP contribution in [0.2, 0.25) is 10.0 Å². The summed E-state index contributed by atoms with van der Waals surface area (Å²) in [6.07, 6.45) is 0.173. The van der Waals surface area contributed by atoms with E-state index in [1.165, 1.54) is 4.90 Å². The van der Waals surface area contributed by atoms with Crippen LogP contribution in [0.3, 0.4) is 0 Å². The maximum absolute atomic E-state index is 12.9. The Kier molecular flexibility index (Phi) is 7.51. The SMILES string of the molecule is CNC(=O)[C@H](C)N(Cc1ccc(Cl)c(Cl)c1)C(=O)Cc1ccc(OC)cc1. The number of ether oxygens (including phenoxy) is 1. The monoisotopic (exact) mass is 408 g/mol. The fourth-order valence-electron chi connectivity index (χ4n) is 2.65. The molecule has 0 aliphatic rings. The Morgan fingerprint density at radius 2 is 1.70 bits per heavy atom. The average molecular weight is 409 g/mol. The van der Waals surface area contributed by atoms with Gasteiger partial charge in [0.05, 0.1) is 23.6 Å². The van der Waals surface area contributed by atoms with E-state index in [2.05, 4.69) is 5.32 Å². The molecular formula is C20H22Cl2N2O3. The molecule has 27 heavy (non-hydrogen) atoms. The van der Waals surface area contributed by atoms with Crippen LogP contribution in [0.1, 0.15) is 18.1 Å². The maximum atomic E-state index is 12.9. The van der Waals surface area contributed by atoms with Crippen molar-refractivity contribution in [1.29, 1.82) is 0 Å². The fraction of sp³-hybridized carbons (Fsp3) is 0.300. The van der Waals surface area contributed by atoms with Crippen LogP contribution in [-0.4, -0.2) is 36.9 Å². The van der Waals surface area contributed by atoms with Crippen molar-refractivity contribution in [3.63, 3.8) is 0 Å². The van der Waals surface area contributed by atoms with Gasteiger partial charge in [0.2, 0.25) is 11.8 Å². The Labute approximate surface area is 169 Å². The second-order valence-electron chi connectivity index (χ2n) is 6.09. The third kappa shape index (κ3) is 5.62. The lowest BCUT2D eigenvalue weighted by molar-refractivity contribution is -0.139. The number of carbonyl (C=O) groups is 2. The largest absolute Gasteiger partial charge is 0.497 e. The molecule has 1 N–H and O–H groups in total. The molecule has 2 aromatic rings. The number of hydrogen-bond acceptors (Lipinski definition) is 3. The van der Waals surface area contributed by atoms with Gasteiger partial charge >= 0.3 is 0 Å². The van der Waals surface area contributed by atoms with Gasteiger partial charge in [-0.1, -0.05) is 41.4 Å². The van der Waals surface area contributed by atoms with Crippen LogP contribution in [0.15, 0.2) is 42.5 Å². The lowest BCUT2D eigenvalue weighted by Gasteiger charge is -2.28. The number of likely N-dealkylation sites (N-methyl/N-ethyl adjacent to an activating group) is 1. The summed E-state index contributed by atoms with van der Waals surface area (Å²) in [4.78, 5) is 26.6. The van der Waals surface area contributed by atoms with E-state index in [0.29, 0.717) is 10.0 Å². The van der Waals surface area contributed by atoms with E-state index in [9.17, 15) is 9.59 Å². The molecule has 7 heteroatoms. The predicted octanol–water partition coefficient (Wildman–Crippen LogP) is 3.71. The van der Waals surface area contributed by atoms with Crippen LogP contribution in [0, 0.1) is 0 Å². The molecule has 2 rings (SSSR count). The van der Waals surface area contributed by atoms with E-state index >= 15 is 0 Å². The van der Waals surface area contributed by atoms with Gasteiger partial charge in [0, 0.05) is 13.6 Å². The third-order valence-corrected chi connectivity index (χ3v) is 5.00. The highest BCUT2D eigenvalue weighted by Crippen LogP contribution is 2.24. The van der Waals surface area contributed by atoms with Gasteiger partial charge in [0.25, 0.3) is 0 Å². The van der Waals surface area contributed by atoms with E-state index in [1.54, 1.807) is 51.4 Å². The van der Waals surface area contributed by atoms with Crippen LogP contribution in [0.25, 0.3) is 0 Å². The number of hydrogen-bond donors (Lipinski definition) is 1. The lowest BCUT2D eigenvalue weighted by atomic mass is 10.1. The summed E-state index contributed by atoms with van der Waals surface area (Å²) in [7, 11) is 3.13. The second-order valence-corrected chi connectivity index (χ2v) is 6.90. The predicted molar refractivity (Wildman–Crippen MR) is 107 cm³/mol. The zero-order valence-electron chi connectivity index (χ0n) is 15.5. The summed E-state index contributed by atoms with van der Waals surface area (Å²) in [6, 6.07) is 11.8. The van der Waals surface area contributed by atoms with Crippen molar-refractivity contribution in [2.75, 3.05) is 14.2 Å². The van der Waals surface area contributed by atoms with Crippen LogP contribution in [-0.2, 0) is 22.6 Å². The number of benzene rings is 2. The van der Waals surface area contributed by atoms with Gasteiger partial charge < -0.3 is 15.0 Å². The number of carbonyl (C=O) groups excluding carboxylic acids is 2. The van der Waals surface area contributed by atoms with E-state index in [4.69, 9.17) is 27.9 Å². The zero-order valence-corrected chi connectivity index (χ0v) is 17.0. The van der Waals surface area contributed by atoms with Crippen LogP contribution >= 0.6 is 23.2 Å². The minimum Gasteiger partial charge on any atom is -0.497 e. The van der Waals surface area contributed by atoms with Gasteiger partial charge in [-0.05, 0) is 42.3 Å². The fourth-order valence-corrected chi connectivity index (χ4v) is 2.97. The van der Waals surface area contributed by atoms with Gasteiger partial charge in [-0.3, -0.25) is 9.59 Å². The molecule has 0 heterocycles. The van der Waals surface area contributed by atoms with E-state index in [0.717, 1.165) is 16.9 Å². The molecule has 0 aliphatic heterocycles. The van der Waals surface area contributed by atoms with Gasteiger partial charge in [-0.2, -0.15) is 0 Å². The number of methoxy groups -OCH3 is 1. The number of amides is 2. The maximum Gasteiger partial charge on any atom is 0.242 e. The Morgan fingerprint density at radius 3 is 2.26 bits per heavy atom. The Morgan fingerprint density at radius 1 is 1.07 bits per heavy atom. The van der Waals surface area contributed by atoms with Crippen molar-refractivity contribution in [3.8, 4) is 5.75 Å². The van der Waals surface area contributed by atoms with Gasteiger partial charge in [0.15, 0.2) is 0 Å². The molecule has 144 valence electrons. The summed E-state index contributed by atoms with van der Waals surface area (Å²) < 4.78 is 5.13. The first kappa shape index (κ1) is 21.1. The van der Waals surface area contributed by atoms with Crippen molar-refractivity contribution in [1.82, 2.24) is 10.2 Å². The second kappa shape index (κ2) is 9.62. The van der Waals surface area contributed by atoms with Gasteiger partial charge in [-0.25, -0.2) is 0 Å². The molecule has 1 atom stereocenters. The van der Waals surface area contributed by atoms with Crippen molar-refractivity contribution >= 4 is 35.0 Å². The minimum atomic E-state index is -0.629. The first-order valence-corrected chi connectivity index (χ1v) is 9.19. The highest BCUT2D eigenvalue weighted by Gasteiger charge is 2.25. The molecule has 0 saturated heterocycles. The summed E-state index contributed by atoms with van der Waals surface area (Å²) in [5.74, 6) is 0.318. The molecular weight excluding hydrogens is 387 g/mol. The van der Waals surface area contributed by atoms with Crippen LogP contribution in [0.4, 0.5) is 0 Å². The third-order valence-electron chi connectivity index (χ3n) is 4.27. The molecule has 2 aromatic carbocycles. The smallest absolute Gasteiger partial charge is 0.242 e. The van der Waals surface area contributed by atoms with Crippen molar-refractivity contribution in [2.24, 2.45) is 0 Å². The quantitative estimate of drug-likeness (QED) is 0.759. The first-order valence-electron chi connectivity index (χ1n) is 8.43. The molecule has 0 saturated carbocycles. The van der Waals surface area contributed by atoms with Gasteiger partial charge in [-0.15, -0.1) is 0 Å². The number of nitrogens with zero attached hydrogens (tertiary/aromatic N) is 1. The van der Waals surface area contributed by atoms with Crippen LogP contribution < -0.4 is 10.1 Å². The molecule has 0 unspecified atom stereocenters. The van der Waals surface area contributed by atoms with E-state index in [1.807, 2.05) is 12.1 Å². The molecule has 2 amide bonds. The van der Waals surface area contributed by atoms with Crippen molar-refractivity contribution in [2.45, 2.75) is 25.9 Å². The van der Waals surface area contributed by atoms with E-state index in [-0.39, 0.29) is 24.8 Å². The first-order chi connectivity index (χ1) is 12.8. The Hall–Kier alpha value is -2.24. The minimum absolute atomic E-state index is 0.165. The molecule has 0 bridgehead atoms. The number of rotatable bonds is 7. The van der Waals surface area contributed by atoms with Crippen molar-refractivity contribution in [3.05, 3.63) is 63.6 Å². The Balaban J connectivity index is 2.22. The van der Waals surface area contributed by atoms with Crippen molar-refractivity contribution < 1.29 is 14.3 Å². The number of halogens is 2. The standard InChI is InChI=1S/C20H22Cl2N2O3/c1-13(20(26)23-2)24(12-15-6-9-17(21)18(22)10-15)19(25)11-14-4-7-16(27-3)8-5-14/h4-10,13H,11-12H2,1-3H3,(H,23,26)/t13-/m0/s1. The summed E-state index contributed by atoms with van der Waals surface area (Å²) in [5.41, 5.74) is 1.63. The highest BCUT2D eigenvalue weighted by molar-refractivity contribution is 6.42. The number of nitrogens with one attached hydrogen (secondary N) is 1.